The van der Waals surface area contributed by atoms with Gasteiger partial charge in [0.2, 0.25) is 0 Å². The third-order valence-corrected chi connectivity index (χ3v) is 2.09. The van der Waals surface area contributed by atoms with Crippen molar-refractivity contribution >= 4 is 5.82 Å². The van der Waals surface area contributed by atoms with Gasteiger partial charge in [-0.25, -0.2) is 15.0 Å². The Labute approximate surface area is 87.5 Å². The van der Waals surface area contributed by atoms with E-state index in [0.717, 1.165) is 25.1 Å². The first kappa shape index (κ1) is 9.46. The molecular weight excluding hydrogens is 190 g/mol. The van der Waals surface area contributed by atoms with E-state index in [4.69, 9.17) is 12.2 Å². The van der Waals surface area contributed by atoms with Gasteiger partial charge in [-0.15, -0.1) is 12.3 Å². The van der Waals surface area contributed by atoms with Crippen molar-refractivity contribution in [3.8, 4) is 23.9 Å². The fourth-order valence-corrected chi connectivity index (χ4v) is 1.38. The number of nitrogens with two attached hydrogens (primary N) is 1. The molecule has 15 heavy (non-hydrogen) atoms. The van der Waals surface area contributed by atoms with E-state index in [1.807, 2.05) is 0 Å². The predicted molar refractivity (Wildman–Crippen MR) is 57.0 cm³/mol. The highest BCUT2D eigenvalue weighted by Crippen LogP contribution is 2.20. The van der Waals surface area contributed by atoms with Gasteiger partial charge in [0.05, 0.1) is 0 Å². The van der Waals surface area contributed by atoms with Crippen LogP contribution in [0.15, 0.2) is 6.33 Å². The molecule has 0 atom stereocenters. The SMILES string of the molecule is C#CCCCc1nc(N)c2ncnc-2[nH]1. The monoisotopic (exact) mass is 201 g/mol. The molecule has 2 aliphatic rings. The summed E-state index contributed by atoms with van der Waals surface area (Å²) in [6, 6.07) is 0. The van der Waals surface area contributed by atoms with Gasteiger partial charge in [-0.1, -0.05) is 0 Å². The molecule has 0 radical (unpaired) electrons. The number of nitrogens with one attached hydrogen (secondary N) is 1. The maximum atomic E-state index is 5.73. The van der Waals surface area contributed by atoms with Crippen molar-refractivity contribution in [2.45, 2.75) is 19.3 Å². The number of hydrogen-bond acceptors (Lipinski definition) is 4. The normalized spacial score (nSPS) is 10.3. The van der Waals surface area contributed by atoms with Gasteiger partial charge < -0.3 is 10.7 Å². The first-order chi connectivity index (χ1) is 7.31. The molecule has 0 amide bonds. The molecule has 0 aliphatic carbocycles. The second-order valence-corrected chi connectivity index (χ2v) is 3.20. The summed E-state index contributed by atoms with van der Waals surface area (Å²) in [5, 5.41) is 0. The van der Waals surface area contributed by atoms with Crippen LogP contribution >= 0.6 is 0 Å². The van der Waals surface area contributed by atoms with Crippen molar-refractivity contribution in [1.82, 2.24) is 19.9 Å². The Morgan fingerprint density at radius 2 is 2.33 bits per heavy atom. The molecule has 0 saturated heterocycles. The lowest BCUT2D eigenvalue weighted by Gasteiger charge is -2.04. The standard InChI is InChI=1S/C10H11N5/c1-2-3-4-5-7-14-9(11)8-10(15-7)13-6-12-8/h1,6H,3-5H2,(H3,11,12,13,14,15). The molecule has 2 aliphatic heterocycles. The molecule has 76 valence electrons. The molecule has 0 aromatic rings. The van der Waals surface area contributed by atoms with Crippen LogP contribution in [-0.4, -0.2) is 19.9 Å². The molecule has 2 rings (SSSR count). The summed E-state index contributed by atoms with van der Waals surface area (Å²) < 4.78 is 0. The molecule has 0 unspecified atom stereocenters. The molecule has 2 heterocycles. The topological polar surface area (TPSA) is 80.5 Å². The van der Waals surface area contributed by atoms with Crippen LogP contribution in [0.1, 0.15) is 18.7 Å². The van der Waals surface area contributed by atoms with Gasteiger partial charge in [0.15, 0.2) is 11.6 Å². The number of terminal acetylenes is 1. The first-order valence-corrected chi connectivity index (χ1v) is 4.70. The predicted octanol–water partition coefficient (Wildman–Crippen LogP) is 0.843. The number of H-pyrrole nitrogens is 1. The van der Waals surface area contributed by atoms with Gasteiger partial charge >= 0.3 is 0 Å². The van der Waals surface area contributed by atoms with Crippen LogP contribution < -0.4 is 5.73 Å². The molecule has 0 aromatic carbocycles. The van der Waals surface area contributed by atoms with Gasteiger partial charge in [-0.05, 0) is 6.42 Å². The second kappa shape index (κ2) is 3.96. The van der Waals surface area contributed by atoms with E-state index in [2.05, 4.69) is 25.9 Å². The van der Waals surface area contributed by atoms with Gasteiger partial charge in [-0.3, -0.25) is 0 Å². The van der Waals surface area contributed by atoms with E-state index >= 15 is 0 Å². The Kier molecular flexibility index (Phi) is 2.50. The quantitative estimate of drug-likeness (QED) is 0.569. The van der Waals surface area contributed by atoms with Crippen molar-refractivity contribution in [2.24, 2.45) is 0 Å². The lowest BCUT2D eigenvalue weighted by molar-refractivity contribution is 0.796. The number of aryl methyl sites for hydroxylation is 1. The molecular formula is C10H11N5. The molecule has 5 heteroatoms. The number of aromatic amines is 1. The summed E-state index contributed by atoms with van der Waals surface area (Å²) in [7, 11) is 0. The zero-order valence-electron chi connectivity index (χ0n) is 8.20. The number of unbranched alkanes of at least 4 members (excludes halogenated alkanes) is 1. The van der Waals surface area contributed by atoms with E-state index < -0.39 is 0 Å². The molecule has 0 bridgehead atoms. The summed E-state index contributed by atoms with van der Waals surface area (Å²) in [5.74, 6) is 4.48. The minimum absolute atomic E-state index is 0.414. The minimum Gasteiger partial charge on any atom is -0.382 e. The van der Waals surface area contributed by atoms with E-state index in [9.17, 15) is 0 Å². The van der Waals surface area contributed by atoms with E-state index in [1.165, 1.54) is 6.33 Å². The third-order valence-electron chi connectivity index (χ3n) is 2.09. The van der Waals surface area contributed by atoms with Crippen molar-refractivity contribution in [3.63, 3.8) is 0 Å². The van der Waals surface area contributed by atoms with Crippen LogP contribution in [0.3, 0.4) is 0 Å². The van der Waals surface area contributed by atoms with Gasteiger partial charge in [0, 0.05) is 12.8 Å². The Morgan fingerprint density at radius 3 is 3.13 bits per heavy atom. The van der Waals surface area contributed by atoms with Crippen LogP contribution in [0.2, 0.25) is 0 Å². The Balaban J connectivity index is 2.22. The van der Waals surface area contributed by atoms with Crippen LogP contribution in [0, 0.1) is 12.3 Å². The zero-order valence-corrected chi connectivity index (χ0v) is 8.20. The van der Waals surface area contributed by atoms with Crippen molar-refractivity contribution < 1.29 is 0 Å². The van der Waals surface area contributed by atoms with Gasteiger partial charge in [0.1, 0.15) is 17.8 Å². The van der Waals surface area contributed by atoms with E-state index in [1.54, 1.807) is 0 Å². The summed E-state index contributed by atoms with van der Waals surface area (Å²) in [6.07, 6.45) is 9.03. The first-order valence-electron chi connectivity index (χ1n) is 4.70. The highest BCUT2D eigenvalue weighted by molar-refractivity contribution is 5.64. The lowest BCUT2D eigenvalue weighted by atomic mass is 10.2. The summed E-state index contributed by atoms with van der Waals surface area (Å²) >= 11 is 0. The molecule has 0 saturated carbocycles. The Hall–Kier alpha value is -2.09. The molecule has 0 aromatic heterocycles. The highest BCUT2D eigenvalue weighted by Gasteiger charge is 2.12. The molecule has 5 nitrogen and oxygen atoms in total. The number of nitrogens with zero attached hydrogens (tertiary/aromatic N) is 3. The molecule has 0 spiro atoms. The maximum absolute atomic E-state index is 5.73. The fraction of sp³-hybridized carbons (Fsp3) is 0.300. The zero-order chi connectivity index (χ0) is 10.7. The van der Waals surface area contributed by atoms with Crippen LogP contribution in [-0.2, 0) is 6.42 Å². The van der Waals surface area contributed by atoms with Crippen LogP contribution in [0.4, 0.5) is 5.82 Å². The average molecular weight is 201 g/mol. The fourth-order valence-electron chi connectivity index (χ4n) is 1.38. The number of aromatic nitrogens is 4. The third kappa shape index (κ3) is 1.89. The largest absolute Gasteiger partial charge is 0.382 e. The average Bonchev–Trinajstić information content (AvgIpc) is 2.66. The number of nitrogen functional groups attached to an aromatic ring is 1. The second-order valence-electron chi connectivity index (χ2n) is 3.20. The van der Waals surface area contributed by atoms with Crippen molar-refractivity contribution in [2.75, 3.05) is 5.73 Å². The number of anilines is 1. The highest BCUT2D eigenvalue weighted by atomic mass is 15.1. The van der Waals surface area contributed by atoms with E-state index in [0.29, 0.717) is 17.3 Å². The molecule has 0 fully saturated rings. The number of hydrogen-bond donors (Lipinski definition) is 2. The van der Waals surface area contributed by atoms with Crippen molar-refractivity contribution in [1.29, 1.82) is 0 Å². The van der Waals surface area contributed by atoms with Crippen LogP contribution in [0.5, 0.6) is 0 Å². The minimum atomic E-state index is 0.414. The summed E-state index contributed by atoms with van der Waals surface area (Å²) in [6.45, 7) is 0. The molecule has 3 N–H and O–H groups in total. The number of rotatable bonds is 3. The Bertz CT molecular complexity index is 467. The summed E-state index contributed by atoms with van der Waals surface area (Å²) in [4.78, 5) is 15.3. The van der Waals surface area contributed by atoms with Crippen molar-refractivity contribution in [3.05, 3.63) is 12.2 Å². The lowest BCUT2D eigenvalue weighted by Crippen LogP contribution is -2.04. The maximum Gasteiger partial charge on any atom is 0.162 e. The smallest absolute Gasteiger partial charge is 0.162 e. The summed E-state index contributed by atoms with van der Waals surface area (Å²) in [5.41, 5.74) is 6.35. The number of fused-ring (bicyclic) bond motifs is 1. The number of imidazole rings is 1. The van der Waals surface area contributed by atoms with Gasteiger partial charge in [-0.2, -0.15) is 0 Å². The van der Waals surface area contributed by atoms with E-state index in [-0.39, 0.29) is 0 Å². The Morgan fingerprint density at radius 1 is 1.47 bits per heavy atom. The van der Waals surface area contributed by atoms with Gasteiger partial charge in [0.25, 0.3) is 0 Å². The van der Waals surface area contributed by atoms with Crippen LogP contribution in [0.25, 0.3) is 11.5 Å².